The van der Waals surface area contributed by atoms with Crippen LogP contribution in [0.4, 0.5) is 9.18 Å². The Bertz CT molecular complexity index is 688. The number of amides is 1. The Morgan fingerprint density at radius 2 is 1.93 bits per heavy atom. The molecule has 6 nitrogen and oxygen atoms in total. The second kappa shape index (κ2) is 7.28. The molecule has 0 spiro atoms. The van der Waals surface area contributed by atoms with Gasteiger partial charge in [-0.3, -0.25) is 0 Å². The predicted molar refractivity (Wildman–Crippen MR) is 96.9 cm³/mol. The summed E-state index contributed by atoms with van der Waals surface area (Å²) in [7, 11) is 1.49. The molecule has 27 heavy (non-hydrogen) atoms. The molecule has 2 bridgehead atoms. The largest absolute Gasteiger partial charge is 0.467 e. The number of methoxy groups -OCH3 is 1. The Balaban J connectivity index is 1.77. The first-order chi connectivity index (χ1) is 12.6. The highest BCUT2D eigenvalue weighted by Crippen LogP contribution is 2.47. The summed E-state index contributed by atoms with van der Waals surface area (Å²) in [5.74, 6) is -0.174. The molecule has 2 atom stereocenters. The Hall–Kier alpha value is -1.86. The summed E-state index contributed by atoms with van der Waals surface area (Å²) in [6, 6.07) is 4.12. The number of hydrogen-bond acceptors (Lipinski definition) is 5. The van der Waals surface area contributed by atoms with Crippen molar-refractivity contribution in [1.29, 1.82) is 0 Å². The number of nitrogens with zero attached hydrogens (tertiary/aromatic N) is 1. The SMILES string of the molecule is COCOc1ccc(C2(O)CC3CCC(C2)N3C(=O)OC(C)(C)C)c(F)c1. The lowest BCUT2D eigenvalue weighted by atomic mass is 9.80. The van der Waals surface area contributed by atoms with Gasteiger partial charge >= 0.3 is 6.09 Å². The van der Waals surface area contributed by atoms with Gasteiger partial charge in [-0.2, -0.15) is 0 Å². The van der Waals surface area contributed by atoms with E-state index >= 15 is 0 Å². The van der Waals surface area contributed by atoms with Crippen LogP contribution in [0.3, 0.4) is 0 Å². The molecule has 0 aromatic heterocycles. The molecule has 0 radical (unpaired) electrons. The van der Waals surface area contributed by atoms with E-state index in [-0.39, 0.29) is 43.4 Å². The summed E-state index contributed by atoms with van der Waals surface area (Å²) in [6.45, 7) is 5.51. The van der Waals surface area contributed by atoms with E-state index in [1.54, 1.807) is 17.0 Å². The minimum Gasteiger partial charge on any atom is -0.467 e. The maximum absolute atomic E-state index is 14.7. The number of ether oxygens (including phenoxy) is 3. The number of halogens is 1. The molecular formula is C20H28FNO5. The van der Waals surface area contributed by atoms with Gasteiger partial charge < -0.3 is 24.2 Å². The number of rotatable bonds is 4. The summed E-state index contributed by atoms with van der Waals surface area (Å²) in [6.07, 6.45) is 1.78. The van der Waals surface area contributed by atoms with Crippen molar-refractivity contribution in [3.8, 4) is 5.75 Å². The quantitative estimate of drug-likeness (QED) is 0.808. The zero-order valence-corrected chi connectivity index (χ0v) is 16.3. The molecule has 2 heterocycles. The Kier molecular flexibility index (Phi) is 5.36. The lowest BCUT2D eigenvalue weighted by Crippen LogP contribution is -2.53. The molecule has 0 aliphatic carbocycles. The van der Waals surface area contributed by atoms with Crippen molar-refractivity contribution < 1.29 is 28.5 Å². The number of piperidine rings is 1. The summed E-state index contributed by atoms with van der Waals surface area (Å²) >= 11 is 0. The summed E-state index contributed by atoms with van der Waals surface area (Å²) in [4.78, 5) is 14.3. The third kappa shape index (κ3) is 4.19. The van der Waals surface area contributed by atoms with Crippen molar-refractivity contribution in [2.75, 3.05) is 13.9 Å². The molecule has 1 aromatic carbocycles. The molecule has 2 aliphatic heterocycles. The fourth-order valence-electron chi connectivity index (χ4n) is 4.15. The van der Waals surface area contributed by atoms with E-state index in [1.807, 2.05) is 20.8 Å². The van der Waals surface area contributed by atoms with Crippen LogP contribution in [0.25, 0.3) is 0 Å². The molecule has 1 N–H and O–H groups in total. The summed E-state index contributed by atoms with van der Waals surface area (Å²) in [5, 5.41) is 11.2. The van der Waals surface area contributed by atoms with Crippen LogP contribution >= 0.6 is 0 Å². The van der Waals surface area contributed by atoms with Gasteiger partial charge in [0.1, 0.15) is 17.2 Å². The van der Waals surface area contributed by atoms with E-state index in [2.05, 4.69) is 0 Å². The molecule has 1 amide bonds. The van der Waals surface area contributed by atoms with Gasteiger partial charge in [-0.1, -0.05) is 0 Å². The average molecular weight is 381 g/mol. The fourth-order valence-corrected chi connectivity index (χ4v) is 4.15. The van der Waals surface area contributed by atoms with Crippen LogP contribution in [-0.4, -0.2) is 47.7 Å². The first kappa shape index (κ1) is 19.9. The Labute approximate surface area is 159 Å². The number of benzene rings is 1. The van der Waals surface area contributed by atoms with Crippen LogP contribution in [0.15, 0.2) is 18.2 Å². The first-order valence-corrected chi connectivity index (χ1v) is 9.28. The molecule has 0 saturated carbocycles. The first-order valence-electron chi connectivity index (χ1n) is 9.28. The van der Waals surface area contributed by atoms with Crippen molar-refractivity contribution in [2.45, 2.75) is 69.7 Å². The van der Waals surface area contributed by atoms with Crippen LogP contribution in [-0.2, 0) is 15.1 Å². The maximum atomic E-state index is 14.7. The monoisotopic (exact) mass is 381 g/mol. The lowest BCUT2D eigenvalue weighted by Gasteiger charge is -2.44. The highest BCUT2D eigenvalue weighted by molar-refractivity contribution is 5.69. The van der Waals surface area contributed by atoms with Crippen LogP contribution in [0.2, 0.25) is 0 Å². The van der Waals surface area contributed by atoms with Gasteiger partial charge in [0, 0.05) is 43.7 Å². The van der Waals surface area contributed by atoms with Crippen LogP contribution in [0.5, 0.6) is 5.75 Å². The number of hydrogen-bond donors (Lipinski definition) is 1. The van der Waals surface area contributed by atoms with Gasteiger partial charge in [0.2, 0.25) is 0 Å². The highest BCUT2D eigenvalue weighted by atomic mass is 19.1. The topological polar surface area (TPSA) is 68.2 Å². The molecular weight excluding hydrogens is 353 g/mol. The van der Waals surface area contributed by atoms with Gasteiger partial charge in [-0.05, 0) is 45.7 Å². The Morgan fingerprint density at radius 3 is 2.44 bits per heavy atom. The molecule has 2 aliphatic rings. The van der Waals surface area contributed by atoms with Gasteiger partial charge in [0.25, 0.3) is 0 Å². The van der Waals surface area contributed by atoms with Crippen molar-refractivity contribution in [2.24, 2.45) is 0 Å². The zero-order valence-electron chi connectivity index (χ0n) is 16.3. The van der Waals surface area contributed by atoms with E-state index in [0.29, 0.717) is 5.75 Å². The number of fused-ring (bicyclic) bond motifs is 2. The summed E-state index contributed by atoms with van der Waals surface area (Å²) < 4.78 is 30.2. The van der Waals surface area contributed by atoms with Gasteiger partial charge in [-0.25, -0.2) is 9.18 Å². The fraction of sp³-hybridized carbons (Fsp3) is 0.650. The van der Waals surface area contributed by atoms with E-state index in [9.17, 15) is 14.3 Å². The van der Waals surface area contributed by atoms with Crippen molar-refractivity contribution in [1.82, 2.24) is 4.90 Å². The highest BCUT2D eigenvalue weighted by Gasteiger charge is 2.51. The Morgan fingerprint density at radius 1 is 1.30 bits per heavy atom. The predicted octanol–water partition coefficient (Wildman–Crippen LogP) is 3.56. The van der Waals surface area contributed by atoms with E-state index in [0.717, 1.165) is 12.8 Å². The lowest BCUT2D eigenvalue weighted by molar-refractivity contribution is -0.0640. The summed E-state index contributed by atoms with van der Waals surface area (Å²) in [5.41, 5.74) is -1.64. The van der Waals surface area contributed by atoms with Gasteiger partial charge in [0.05, 0.1) is 5.60 Å². The minimum absolute atomic E-state index is 0.0258. The second-order valence-corrected chi connectivity index (χ2v) is 8.40. The average Bonchev–Trinajstić information content (AvgIpc) is 2.84. The molecule has 3 rings (SSSR count). The molecule has 2 saturated heterocycles. The smallest absolute Gasteiger partial charge is 0.410 e. The third-order valence-electron chi connectivity index (χ3n) is 5.16. The van der Waals surface area contributed by atoms with Crippen molar-refractivity contribution in [3.63, 3.8) is 0 Å². The molecule has 2 unspecified atom stereocenters. The van der Waals surface area contributed by atoms with Crippen molar-refractivity contribution >= 4 is 6.09 Å². The minimum atomic E-state index is -1.31. The normalized spacial score (nSPS) is 27.6. The number of carbonyl (C=O) groups is 1. The zero-order chi connectivity index (χ0) is 19.8. The van der Waals surface area contributed by atoms with Crippen LogP contribution in [0.1, 0.15) is 52.0 Å². The van der Waals surface area contributed by atoms with E-state index in [4.69, 9.17) is 14.2 Å². The molecule has 150 valence electrons. The molecule has 1 aromatic rings. The maximum Gasteiger partial charge on any atom is 0.410 e. The number of aliphatic hydroxyl groups is 1. The van der Waals surface area contributed by atoms with Gasteiger partial charge in [0.15, 0.2) is 6.79 Å². The van der Waals surface area contributed by atoms with Gasteiger partial charge in [-0.15, -0.1) is 0 Å². The number of carbonyl (C=O) groups excluding carboxylic acids is 1. The van der Waals surface area contributed by atoms with Crippen molar-refractivity contribution in [3.05, 3.63) is 29.6 Å². The third-order valence-corrected chi connectivity index (χ3v) is 5.16. The molecule has 7 heteroatoms. The standard InChI is InChI=1S/C20H28FNO5/c1-19(2,3)27-18(23)22-13-5-6-14(22)11-20(24,10-13)16-8-7-15(9-17(16)21)26-12-25-4/h7-9,13-14,24H,5-6,10-12H2,1-4H3. The van der Waals surface area contributed by atoms with Crippen LogP contribution in [0, 0.1) is 5.82 Å². The molecule has 2 fully saturated rings. The van der Waals surface area contributed by atoms with E-state index < -0.39 is 17.0 Å². The van der Waals surface area contributed by atoms with E-state index in [1.165, 1.54) is 13.2 Å². The second-order valence-electron chi connectivity index (χ2n) is 8.40. The van der Waals surface area contributed by atoms with Crippen LogP contribution < -0.4 is 4.74 Å².